The Balaban J connectivity index is 1.60. The number of halogens is 2. The summed E-state index contributed by atoms with van der Waals surface area (Å²) < 4.78 is 16.0. The van der Waals surface area contributed by atoms with Crippen molar-refractivity contribution in [2.24, 2.45) is 0 Å². The molecule has 0 spiro atoms. The van der Waals surface area contributed by atoms with E-state index in [1.165, 1.54) is 16.8 Å². The van der Waals surface area contributed by atoms with Gasteiger partial charge in [-0.3, -0.25) is 0 Å². The van der Waals surface area contributed by atoms with E-state index in [1.54, 1.807) is 12.1 Å². The fourth-order valence-corrected chi connectivity index (χ4v) is 3.01. The molecule has 4 rings (SSSR count). The lowest BCUT2D eigenvalue weighted by Crippen LogP contribution is -2.07. The van der Waals surface area contributed by atoms with E-state index in [0.29, 0.717) is 22.6 Å². The van der Waals surface area contributed by atoms with Gasteiger partial charge in [0.15, 0.2) is 5.65 Å². The molecule has 0 amide bonds. The Hall–Kier alpha value is -3.43. The lowest BCUT2D eigenvalue weighted by Gasteiger charge is -2.11. The second kappa shape index (κ2) is 7.06. The van der Waals surface area contributed by atoms with Gasteiger partial charge < -0.3 is 5.32 Å². The van der Waals surface area contributed by atoms with E-state index in [9.17, 15) is 4.39 Å². The van der Waals surface area contributed by atoms with Gasteiger partial charge in [0.2, 0.25) is 0 Å². The molecule has 27 heavy (non-hydrogen) atoms. The monoisotopic (exact) mass is 377 g/mol. The summed E-state index contributed by atoms with van der Waals surface area (Å²) in [5.74, 6) is 0.219. The topological polar surface area (TPSA) is 66.0 Å². The molecule has 0 fully saturated rings. The van der Waals surface area contributed by atoms with E-state index in [-0.39, 0.29) is 17.5 Å². The number of nitrogens with one attached hydrogen (secondary N) is 1. The zero-order valence-corrected chi connectivity index (χ0v) is 14.8. The Labute approximate surface area is 159 Å². The molecule has 2 heterocycles. The highest BCUT2D eigenvalue weighted by Gasteiger charge is 2.11. The van der Waals surface area contributed by atoms with Gasteiger partial charge in [-0.1, -0.05) is 54.1 Å². The zero-order valence-electron chi connectivity index (χ0n) is 14.0. The smallest absolute Gasteiger partial charge is 0.176 e. The Bertz CT molecular complexity index is 1160. The lowest BCUT2D eigenvalue weighted by molar-refractivity contribution is 0.613. The van der Waals surface area contributed by atoms with E-state index in [1.807, 2.05) is 42.5 Å². The van der Waals surface area contributed by atoms with Crippen LogP contribution in [0, 0.1) is 17.1 Å². The molecular weight excluding hydrogens is 365 g/mol. The van der Waals surface area contributed by atoms with Crippen molar-refractivity contribution in [2.75, 3.05) is 5.32 Å². The number of anilines is 1. The van der Waals surface area contributed by atoms with Crippen molar-refractivity contribution in [1.29, 1.82) is 5.26 Å². The third kappa shape index (κ3) is 3.33. The van der Waals surface area contributed by atoms with E-state index < -0.39 is 0 Å². The summed E-state index contributed by atoms with van der Waals surface area (Å²) >= 11 is 6.04. The number of hydrogen-bond donors (Lipinski definition) is 1. The van der Waals surface area contributed by atoms with Gasteiger partial charge in [0.1, 0.15) is 28.4 Å². The maximum atomic E-state index is 14.5. The van der Waals surface area contributed by atoms with Crippen molar-refractivity contribution in [1.82, 2.24) is 14.6 Å². The molecule has 0 aliphatic carbocycles. The molecule has 5 nitrogen and oxygen atoms in total. The Morgan fingerprint density at radius 1 is 1.11 bits per heavy atom. The minimum absolute atomic E-state index is 0.224. The fourth-order valence-electron chi connectivity index (χ4n) is 2.82. The Morgan fingerprint density at radius 2 is 1.93 bits per heavy atom. The van der Waals surface area contributed by atoms with Gasteiger partial charge in [-0.2, -0.15) is 14.9 Å². The number of aromatic nitrogens is 3. The van der Waals surface area contributed by atoms with Crippen molar-refractivity contribution >= 4 is 23.1 Å². The summed E-state index contributed by atoms with van der Waals surface area (Å²) in [5.41, 5.74) is 2.95. The van der Waals surface area contributed by atoms with Gasteiger partial charge in [0.05, 0.1) is 6.20 Å². The van der Waals surface area contributed by atoms with Crippen LogP contribution in [-0.4, -0.2) is 14.6 Å². The molecule has 2 aromatic heterocycles. The van der Waals surface area contributed by atoms with Crippen LogP contribution in [0.1, 0.15) is 11.1 Å². The van der Waals surface area contributed by atoms with E-state index in [4.69, 9.17) is 16.9 Å². The molecule has 7 heteroatoms. The van der Waals surface area contributed by atoms with Crippen LogP contribution in [0.5, 0.6) is 0 Å². The van der Waals surface area contributed by atoms with Crippen LogP contribution in [0.4, 0.5) is 10.2 Å². The normalized spacial score (nSPS) is 10.7. The van der Waals surface area contributed by atoms with Crippen LogP contribution in [0.3, 0.4) is 0 Å². The lowest BCUT2D eigenvalue weighted by atomic mass is 10.0. The minimum Gasteiger partial charge on any atom is -0.366 e. The summed E-state index contributed by atoms with van der Waals surface area (Å²) in [6, 6.07) is 18.4. The number of nitrogens with zero attached hydrogens (tertiary/aromatic N) is 4. The molecule has 0 atom stereocenters. The number of hydrogen-bond acceptors (Lipinski definition) is 4. The predicted octanol–water partition coefficient (Wildman–Crippen LogP) is 4.67. The van der Waals surface area contributed by atoms with Crippen molar-refractivity contribution in [3.05, 3.63) is 82.9 Å². The maximum absolute atomic E-state index is 14.5. The van der Waals surface area contributed by atoms with Crippen molar-refractivity contribution in [3.8, 4) is 17.2 Å². The standard InChI is InChI=1S/C20H13ClFN5/c21-18-9-19(27-20(26-18)16(10-23)12-25-27)24-11-15-7-6-14(8-17(15)22)13-4-2-1-3-5-13/h1-9,12,24H,11H2. The predicted molar refractivity (Wildman–Crippen MR) is 102 cm³/mol. The third-order valence-corrected chi connectivity index (χ3v) is 4.37. The number of nitriles is 1. The summed E-state index contributed by atoms with van der Waals surface area (Å²) in [5, 5.41) is 16.6. The Morgan fingerprint density at radius 3 is 2.67 bits per heavy atom. The molecule has 0 aliphatic rings. The largest absolute Gasteiger partial charge is 0.366 e. The quantitative estimate of drug-likeness (QED) is 0.525. The van der Waals surface area contributed by atoms with Gasteiger partial charge in [0, 0.05) is 18.2 Å². The van der Waals surface area contributed by atoms with Gasteiger partial charge in [-0.05, 0) is 17.2 Å². The average molecular weight is 378 g/mol. The van der Waals surface area contributed by atoms with Crippen LogP contribution < -0.4 is 5.32 Å². The third-order valence-electron chi connectivity index (χ3n) is 4.18. The molecule has 0 radical (unpaired) electrons. The average Bonchev–Trinajstić information content (AvgIpc) is 3.10. The highest BCUT2D eigenvalue weighted by atomic mass is 35.5. The zero-order chi connectivity index (χ0) is 18.8. The van der Waals surface area contributed by atoms with E-state index in [0.717, 1.165) is 11.1 Å². The number of benzene rings is 2. The van der Waals surface area contributed by atoms with E-state index >= 15 is 0 Å². The number of rotatable bonds is 4. The highest BCUT2D eigenvalue weighted by Crippen LogP contribution is 2.23. The first-order chi connectivity index (χ1) is 13.2. The molecule has 0 aliphatic heterocycles. The molecule has 0 bridgehead atoms. The minimum atomic E-state index is -0.307. The van der Waals surface area contributed by atoms with Crippen LogP contribution in [0.25, 0.3) is 16.8 Å². The molecule has 132 valence electrons. The Kier molecular flexibility index (Phi) is 4.45. The van der Waals surface area contributed by atoms with Crippen LogP contribution in [0.15, 0.2) is 60.8 Å². The van der Waals surface area contributed by atoms with Crippen molar-refractivity contribution < 1.29 is 4.39 Å². The summed E-state index contributed by atoms with van der Waals surface area (Å²) in [4.78, 5) is 4.11. The first-order valence-electron chi connectivity index (χ1n) is 8.18. The van der Waals surface area contributed by atoms with Crippen LogP contribution >= 0.6 is 11.6 Å². The van der Waals surface area contributed by atoms with Gasteiger partial charge >= 0.3 is 0 Å². The fraction of sp³-hybridized carbons (Fsp3) is 0.0500. The molecule has 0 saturated heterocycles. The summed E-state index contributed by atoms with van der Waals surface area (Å²) in [6.07, 6.45) is 1.42. The van der Waals surface area contributed by atoms with Crippen molar-refractivity contribution in [3.63, 3.8) is 0 Å². The van der Waals surface area contributed by atoms with Gasteiger partial charge in [-0.25, -0.2) is 9.37 Å². The van der Waals surface area contributed by atoms with Gasteiger partial charge in [0.25, 0.3) is 0 Å². The summed E-state index contributed by atoms with van der Waals surface area (Å²) in [6.45, 7) is 0.234. The van der Waals surface area contributed by atoms with Crippen LogP contribution in [0.2, 0.25) is 5.15 Å². The van der Waals surface area contributed by atoms with Crippen molar-refractivity contribution in [2.45, 2.75) is 6.54 Å². The molecule has 1 N–H and O–H groups in total. The molecule has 4 aromatic rings. The molecule has 2 aromatic carbocycles. The first kappa shape index (κ1) is 17.0. The van der Waals surface area contributed by atoms with E-state index in [2.05, 4.69) is 15.4 Å². The number of fused-ring (bicyclic) bond motifs is 1. The second-order valence-corrected chi connectivity index (χ2v) is 6.28. The van der Waals surface area contributed by atoms with Gasteiger partial charge in [-0.15, -0.1) is 0 Å². The highest BCUT2D eigenvalue weighted by molar-refractivity contribution is 6.29. The molecular formula is C20H13ClFN5. The first-order valence-corrected chi connectivity index (χ1v) is 8.55. The maximum Gasteiger partial charge on any atom is 0.176 e. The molecule has 0 unspecified atom stereocenters. The second-order valence-electron chi connectivity index (χ2n) is 5.90. The summed E-state index contributed by atoms with van der Waals surface area (Å²) in [7, 11) is 0. The van der Waals surface area contributed by atoms with Crippen LogP contribution in [-0.2, 0) is 6.54 Å². The molecule has 0 saturated carbocycles. The SMILES string of the molecule is N#Cc1cnn2c(NCc3ccc(-c4ccccc4)cc3F)cc(Cl)nc12.